The summed E-state index contributed by atoms with van der Waals surface area (Å²) in [5.41, 5.74) is -16.6. The maximum Gasteiger partial charge on any atom is 0.344 e. The number of aliphatic hydroxyl groups is 5. The third-order valence-corrected chi connectivity index (χ3v) is 21.4. The van der Waals surface area contributed by atoms with Crippen molar-refractivity contribution in [3.05, 3.63) is 179 Å². The van der Waals surface area contributed by atoms with Crippen molar-refractivity contribution in [2.75, 3.05) is 131 Å². The van der Waals surface area contributed by atoms with Crippen LogP contribution in [-0.4, -0.2) is 215 Å². The molecule has 5 aromatic carbocycles. The fraction of sp³-hybridized carbons (Fsp3) is 0.591. The molecule has 0 heterocycles. The molecule has 710 valence electrons. The molecule has 5 aliphatic rings. The number of hydrogen-bond donors (Lipinski definition) is 5. The van der Waals surface area contributed by atoms with Gasteiger partial charge in [0.25, 0.3) is 0 Å². The van der Waals surface area contributed by atoms with Crippen LogP contribution in [-0.2, 0) is 75.7 Å². The number of hydrogen-bond acceptors (Lipinski definition) is 20. The molecule has 20 nitrogen and oxygen atoms in total. The van der Waals surface area contributed by atoms with Crippen LogP contribution in [0.3, 0.4) is 0 Å². The Hall–Kier alpha value is -9.15. The van der Waals surface area contributed by atoms with Crippen LogP contribution in [0.25, 0.3) is 0 Å². The van der Waals surface area contributed by atoms with Crippen LogP contribution in [0.5, 0.6) is 0 Å². The number of carbonyl (C=O) groups is 5. The van der Waals surface area contributed by atoms with Gasteiger partial charge in [-0.15, -0.1) is 0 Å². The molecule has 0 aromatic heterocycles. The zero-order valence-corrected chi connectivity index (χ0v) is 73.7. The first-order chi connectivity index (χ1) is 86.2. The van der Waals surface area contributed by atoms with Gasteiger partial charge < -0.3 is 49.2 Å². The SMILES string of the molecule is [2H]C([2H])([2H])CN(CC#CCOC(=O)C(O)(c1ccccc1)C1([2H])C([2H])([2H])C([2H])([2H])C([2H])([2H])C([2H])([2H])C1([2H])[2H])CC([2H])([2H])[2H].[2H]OC(C(=O)OCC#CCN(CC([2H])([2H])[2H])CC([2H])([2H])[2H])(c1ccccc1)C1CCCCC1.[2H]OC(C(=O)OCC#CCN(CC)CC)(c1c([2H])c([2H])c([2H])c([2H])c1[2H])C1([2H])C([2H])([2H])C([2H])([2H])C([2H])([2H])C([2H])([2H])C1([2H])[2H].[2H]OC(C(=O)OCC#CCN(CC)CC)(c1c([2H])c([2H])c([2H])c([2H])c1[2H])C1CCCCC1.[2H]c1c([2H])c([2H])c(C(O)(C(=O)OCC#CCN(CC([2H])([2H])[2H])CC([2H])([2H])[2H])C2CCCCC2)c([2H])c1[2H]. The van der Waals surface area contributed by atoms with Gasteiger partial charge >= 0.3 is 29.8 Å². The fourth-order valence-corrected chi connectivity index (χ4v) is 13.8. The summed E-state index contributed by atoms with van der Waals surface area (Å²) >= 11 is 0. The highest BCUT2D eigenvalue weighted by Gasteiger charge is 2.52. The molecule has 0 bridgehead atoms. The van der Waals surface area contributed by atoms with Gasteiger partial charge in [0.05, 0.1) is 53.3 Å². The molecule has 5 aliphatic carbocycles. The van der Waals surface area contributed by atoms with Crippen molar-refractivity contribution in [2.24, 2.45) is 29.5 Å². The van der Waals surface area contributed by atoms with Gasteiger partial charge in [0, 0.05) is 84.4 Å². The highest BCUT2D eigenvalue weighted by Crippen LogP contribution is 2.46. The predicted octanol–water partition coefficient (Wildman–Crippen LogP) is 16.7. The van der Waals surface area contributed by atoms with Crippen LogP contribution in [0.4, 0.5) is 0 Å². The minimum atomic E-state index is -4.45. The molecule has 5 saturated carbocycles. The molecule has 0 amide bonds. The molecule has 0 saturated heterocycles. The smallest absolute Gasteiger partial charge is 0.344 e. The minimum absolute atomic E-state index is 0.0876. The monoisotopic (exact) mass is 1840 g/mol. The van der Waals surface area contributed by atoms with Crippen LogP contribution in [0.1, 0.15) is 332 Å². The van der Waals surface area contributed by atoms with E-state index in [9.17, 15) is 35.6 Å². The number of esters is 5. The Morgan fingerprint density at radius 1 is 0.331 bits per heavy atom. The van der Waals surface area contributed by atoms with Gasteiger partial charge in [-0.1, -0.05) is 375 Å². The largest absolute Gasteiger partial charge is 0.450 e. The Bertz CT molecular complexity index is 7020. The van der Waals surface area contributed by atoms with Crippen molar-refractivity contribution in [3.63, 3.8) is 0 Å². The van der Waals surface area contributed by atoms with Gasteiger partial charge in [0.1, 0.15) is 0 Å². The van der Waals surface area contributed by atoms with Gasteiger partial charge in [-0.25, -0.2) is 24.0 Å². The molecule has 0 radical (unpaired) electrons. The van der Waals surface area contributed by atoms with Gasteiger partial charge in [-0.05, 0) is 157 Å². The molecule has 20 heteroatoms. The van der Waals surface area contributed by atoms with Crippen LogP contribution in [0.2, 0.25) is 0 Å². The second kappa shape index (κ2) is 61.5. The molecule has 5 fully saturated rings. The lowest BCUT2D eigenvalue weighted by Crippen LogP contribution is -2.45. The summed E-state index contributed by atoms with van der Waals surface area (Å²) in [7, 11) is 0. The Balaban J connectivity index is 0.000000356. The average Bonchev–Trinajstić information content (AvgIpc) is 0.642. The first kappa shape index (κ1) is 51.4. The molecule has 130 heavy (non-hydrogen) atoms. The first-order valence-corrected chi connectivity index (χ1v) is 42.7. The van der Waals surface area contributed by atoms with E-state index in [1.807, 2.05) is 38.7 Å². The lowest BCUT2D eigenvalue weighted by molar-refractivity contribution is -0.174. The van der Waals surface area contributed by atoms with E-state index in [1.165, 1.54) is 23.1 Å². The number of ether oxygens (including phenoxy) is 5. The van der Waals surface area contributed by atoms with Gasteiger partial charge in [-0.3, -0.25) is 24.5 Å². The summed E-state index contributed by atoms with van der Waals surface area (Å²) in [6, 6.07) is 2.13. The maximum atomic E-state index is 13.9. The highest BCUT2D eigenvalue weighted by molar-refractivity contribution is 5.84. The van der Waals surface area contributed by atoms with Crippen LogP contribution in [0.15, 0.2) is 151 Å². The quantitative estimate of drug-likeness (QED) is 0.0140. The molecule has 5 unspecified atom stereocenters. The molecule has 0 spiro atoms. The standard InChI is InChI=1S/5C22H31NO3/c5*1-3-23(4-2)17-11-12-18-26-21(24)22(25,19-13-7-5-8-14-19)20-15-9-6-10-16-20/h5*5,7-8,13-14,20,25H,3-4,6,9-10,15-18H2,1-2H3/i5D,6D2,7D,8D,9D2,10D2,13D,14D,15D2,16D2,20D,25D;1D3,2D3,6D2,9D2,10D2,15D2,16D2,20D;1D3,2D3,5D,7D,8D,13D,14D;5D,7D,8D,13D,14D,25D;1D3,2D3,25D. The number of benzene rings is 5. The second-order valence-electron chi connectivity index (χ2n) is 29.4. The fourth-order valence-electron chi connectivity index (χ4n) is 13.8. The number of nitrogens with zero attached hydrogens (tertiary/aromatic N) is 5. The zero-order chi connectivity index (χ0) is 144. The maximum absolute atomic E-state index is 13.9. The third-order valence-electron chi connectivity index (χ3n) is 21.4. The Labute approximate surface area is 862 Å². The van der Waals surface area contributed by atoms with Crippen molar-refractivity contribution >= 4 is 29.8 Å². The minimum Gasteiger partial charge on any atom is -0.450 e. The van der Waals surface area contributed by atoms with Crippen molar-refractivity contribution in [1.29, 1.82) is 4.29 Å². The van der Waals surface area contributed by atoms with E-state index in [0.717, 1.165) is 92.8 Å². The predicted molar refractivity (Wildman–Crippen MR) is 517 cm³/mol. The first-order valence-electron chi connectivity index (χ1n) is 71.4. The molecule has 10 rings (SSSR count). The van der Waals surface area contributed by atoms with E-state index >= 15 is 0 Å². The summed E-state index contributed by atoms with van der Waals surface area (Å²) in [5, 5.41) is 38.2. The van der Waals surface area contributed by atoms with Crippen molar-refractivity contribution in [3.8, 4) is 59.2 Å². The zero-order valence-electron chi connectivity index (χ0n) is 132. The normalized spacial score (nSPS) is 28.6. The Morgan fingerprint density at radius 2 is 0.569 bits per heavy atom. The summed E-state index contributed by atoms with van der Waals surface area (Å²) < 4.78 is 488. The second-order valence-corrected chi connectivity index (χ2v) is 29.4. The topological polar surface area (TPSA) is 249 Å². The van der Waals surface area contributed by atoms with E-state index in [2.05, 4.69) is 69.2 Å². The molecule has 0 aliphatic heterocycles. The summed E-state index contributed by atoms with van der Waals surface area (Å²) in [4.78, 5) is 74.5. The van der Waals surface area contributed by atoms with E-state index in [1.54, 1.807) is 24.3 Å². The van der Waals surface area contributed by atoms with Crippen molar-refractivity contribution in [1.82, 2.24) is 24.5 Å². The third kappa shape index (κ3) is 33.8. The molecule has 5 aromatic rings. The lowest BCUT2D eigenvalue weighted by atomic mass is 9.73. The highest BCUT2D eigenvalue weighted by atomic mass is 16.6. The van der Waals surface area contributed by atoms with E-state index in [-0.39, 0.29) is 44.3 Å². The van der Waals surface area contributed by atoms with Crippen molar-refractivity contribution < 1.29 is 149 Å². The van der Waals surface area contributed by atoms with E-state index < -0.39 is 359 Å². The molecule has 5 atom stereocenters. The number of carbonyl (C=O) groups excluding carboxylic acids is 5. The van der Waals surface area contributed by atoms with Crippen LogP contribution < -0.4 is 0 Å². The average molecular weight is 1850 g/mol. The van der Waals surface area contributed by atoms with Gasteiger partial charge in [0.2, 0.25) is 4.29 Å². The van der Waals surface area contributed by atoms with Crippen LogP contribution >= 0.6 is 0 Å². The Kier molecular flexibility index (Phi) is 24.3. The number of rotatable bonds is 38. The Morgan fingerprint density at radius 3 is 0.862 bits per heavy atom. The summed E-state index contributed by atoms with van der Waals surface area (Å²) in [6.45, 7) is -9.86. The molecular weight excluding hydrogens is 1630 g/mol. The molecule has 5 N–H and O–H groups in total. The van der Waals surface area contributed by atoms with Gasteiger partial charge in [0.15, 0.2) is 61.0 Å². The van der Waals surface area contributed by atoms with Gasteiger partial charge in [-0.2, -0.15) is 0 Å². The summed E-state index contributed by atoms with van der Waals surface area (Å²) in [6.07, 6.45) is -30.1. The van der Waals surface area contributed by atoms with E-state index in [0.29, 0.717) is 63.7 Å². The lowest BCUT2D eigenvalue weighted by Gasteiger charge is -2.36. The van der Waals surface area contributed by atoms with Crippen LogP contribution in [0, 0.1) is 88.7 Å². The molecular formula is C110H155N5O15. The van der Waals surface area contributed by atoms with Crippen molar-refractivity contribution in [2.45, 2.75) is 257 Å². The summed E-state index contributed by atoms with van der Waals surface area (Å²) in [5.74, 6) is 8.87. The van der Waals surface area contributed by atoms with E-state index in [4.69, 9.17) is 112 Å².